The lowest BCUT2D eigenvalue weighted by atomic mass is 10.1. The lowest BCUT2D eigenvalue weighted by molar-refractivity contribution is -0.134. The highest BCUT2D eigenvalue weighted by Crippen LogP contribution is 2.24. The number of hydrogen-bond acceptors (Lipinski definition) is 3. The lowest BCUT2D eigenvalue weighted by Gasteiger charge is -2.27. The minimum atomic E-state index is -0.0250. The number of carbonyl (C=O) groups excluding carboxylic acids is 1. The average molecular weight is 326 g/mol. The van der Waals surface area contributed by atoms with Gasteiger partial charge in [0.2, 0.25) is 5.91 Å². The van der Waals surface area contributed by atoms with Gasteiger partial charge in [-0.25, -0.2) is 0 Å². The number of halogens is 2. The Morgan fingerprint density at radius 3 is 2.35 bits per heavy atom. The second-order valence-corrected chi connectivity index (χ2v) is 5.79. The highest BCUT2D eigenvalue weighted by molar-refractivity contribution is 5.85. The van der Waals surface area contributed by atoms with Gasteiger partial charge in [0.1, 0.15) is 0 Å². The standard InChI is InChI=1S/C14H27N3O.2ClH/c1-12(11-15)14(18)17-8-4-7-16(9-10-17)13-5-2-3-6-13;;/h12-13H,2-11,15H2,1H3;2*1H. The van der Waals surface area contributed by atoms with Crippen molar-refractivity contribution in [2.75, 3.05) is 32.7 Å². The second-order valence-electron chi connectivity index (χ2n) is 5.79. The van der Waals surface area contributed by atoms with E-state index in [-0.39, 0.29) is 36.6 Å². The van der Waals surface area contributed by atoms with E-state index in [1.54, 1.807) is 0 Å². The summed E-state index contributed by atoms with van der Waals surface area (Å²) in [5, 5.41) is 0. The molecule has 1 saturated heterocycles. The predicted octanol–water partition coefficient (Wildman–Crippen LogP) is 1.90. The molecule has 0 aromatic carbocycles. The third-order valence-corrected chi connectivity index (χ3v) is 4.46. The van der Waals surface area contributed by atoms with Crippen molar-refractivity contribution in [3.05, 3.63) is 0 Å². The molecule has 0 bridgehead atoms. The van der Waals surface area contributed by atoms with Crippen LogP contribution in [0.3, 0.4) is 0 Å². The maximum absolute atomic E-state index is 12.1. The first-order chi connectivity index (χ1) is 8.72. The Kier molecular flexibility index (Phi) is 9.81. The Morgan fingerprint density at radius 2 is 1.75 bits per heavy atom. The molecule has 20 heavy (non-hydrogen) atoms. The summed E-state index contributed by atoms with van der Waals surface area (Å²) in [6.45, 7) is 6.40. The quantitative estimate of drug-likeness (QED) is 0.862. The van der Waals surface area contributed by atoms with Crippen LogP contribution in [-0.2, 0) is 4.79 Å². The summed E-state index contributed by atoms with van der Waals surface area (Å²) in [7, 11) is 0. The molecule has 1 aliphatic heterocycles. The van der Waals surface area contributed by atoms with Gasteiger partial charge in [-0.15, -0.1) is 24.8 Å². The van der Waals surface area contributed by atoms with Crippen LogP contribution in [0.25, 0.3) is 0 Å². The first-order valence-electron chi connectivity index (χ1n) is 7.45. The first-order valence-corrected chi connectivity index (χ1v) is 7.45. The molecule has 0 aromatic rings. The topological polar surface area (TPSA) is 49.6 Å². The molecule has 1 unspecified atom stereocenters. The van der Waals surface area contributed by atoms with E-state index in [1.165, 1.54) is 25.7 Å². The fraction of sp³-hybridized carbons (Fsp3) is 0.929. The molecule has 2 fully saturated rings. The van der Waals surface area contributed by atoms with E-state index in [9.17, 15) is 4.79 Å². The van der Waals surface area contributed by atoms with Gasteiger partial charge in [0.15, 0.2) is 0 Å². The molecule has 2 N–H and O–H groups in total. The van der Waals surface area contributed by atoms with E-state index >= 15 is 0 Å². The fourth-order valence-corrected chi connectivity index (χ4v) is 3.20. The smallest absolute Gasteiger partial charge is 0.226 e. The van der Waals surface area contributed by atoms with Crippen molar-refractivity contribution in [2.45, 2.75) is 45.1 Å². The molecule has 1 aliphatic carbocycles. The van der Waals surface area contributed by atoms with Gasteiger partial charge in [0, 0.05) is 44.7 Å². The summed E-state index contributed by atoms with van der Waals surface area (Å²) < 4.78 is 0. The molecule has 1 atom stereocenters. The van der Waals surface area contributed by atoms with Gasteiger partial charge in [-0.2, -0.15) is 0 Å². The highest BCUT2D eigenvalue weighted by atomic mass is 35.5. The Bertz CT molecular complexity index is 286. The van der Waals surface area contributed by atoms with Gasteiger partial charge in [0.05, 0.1) is 0 Å². The minimum Gasteiger partial charge on any atom is -0.341 e. The molecule has 6 heteroatoms. The van der Waals surface area contributed by atoms with Crippen LogP contribution in [-0.4, -0.2) is 54.5 Å². The molecule has 1 amide bonds. The number of carbonyl (C=O) groups is 1. The summed E-state index contributed by atoms with van der Waals surface area (Å²) in [6, 6.07) is 0.784. The molecule has 0 radical (unpaired) electrons. The molecule has 0 aromatic heterocycles. The third kappa shape index (κ3) is 5.06. The van der Waals surface area contributed by atoms with Crippen LogP contribution in [0.4, 0.5) is 0 Å². The fourth-order valence-electron chi connectivity index (χ4n) is 3.20. The zero-order chi connectivity index (χ0) is 13.0. The molecular formula is C14H29Cl2N3O. The Morgan fingerprint density at radius 1 is 1.10 bits per heavy atom. The van der Waals surface area contributed by atoms with E-state index in [1.807, 2.05) is 11.8 Å². The van der Waals surface area contributed by atoms with Crippen molar-refractivity contribution < 1.29 is 4.79 Å². The zero-order valence-electron chi connectivity index (χ0n) is 12.4. The van der Waals surface area contributed by atoms with Crippen molar-refractivity contribution in [1.82, 2.24) is 9.80 Å². The van der Waals surface area contributed by atoms with Crippen molar-refractivity contribution >= 4 is 30.7 Å². The lowest BCUT2D eigenvalue weighted by Crippen LogP contribution is -2.41. The molecule has 0 spiro atoms. The van der Waals surface area contributed by atoms with Crippen LogP contribution in [0.1, 0.15) is 39.0 Å². The summed E-state index contributed by atoms with van der Waals surface area (Å²) in [4.78, 5) is 16.8. The Balaban J connectivity index is 0.00000180. The van der Waals surface area contributed by atoms with E-state index in [0.29, 0.717) is 6.54 Å². The molecular weight excluding hydrogens is 297 g/mol. The van der Waals surface area contributed by atoms with Gasteiger partial charge >= 0.3 is 0 Å². The van der Waals surface area contributed by atoms with E-state index < -0.39 is 0 Å². The average Bonchev–Trinajstić information content (AvgIpc) is 2.82. The van der Waals surface area contributed by atoms with Crippen molar-refractivity contribution in [3.63, 3.8) is 0 Å². The van der Waals surface area contributed by atoms with Gasteiger partial charge in [-0.05, 0) is 19.3 Å². The maximum atomic E-state index is 12.1. The first kappa shape index (κ1) is 20.0. The van der Waals surface area contributed by atoms with E-state index in [4.69, 9.17) is 5.73 Å². The number of amides is 1. The summed E-state index contributed by atoms with van der Waals surface area (Å²) >= 11 is 0. The van der Waals surface area contributed by atoms with Gasteiger partial charge in [-0.3, -0.25) is 9.69 Å². The third-order valence-electron chi connectivity index (χ3n) is 4.46. The molecule has 4 nitrogen and oxygen atoms in total. The number of hydrogen-bond donors (Lipinski definition) is 1. The molecule has 1 saturated carbocycles. The molecule has 1 heterocycles. The predicted molar refractivity (Wildman–Crippen MR) is 87.7 cm³/mol. The number of nitrogens with zero attached hydrogens (tertiary/aromatic N) is 2. The highest BCUT2D eigenvalue weighted by Gasteiger charge is 2.27. The normalized spacial score (nSPS) is 22.6. The van der Waals surface area contributed by atoms with Gasteiger partial charge < -0.3 is 10.6 Å². The van der Waals surface area contributed by atoms with Crippen molar-refractivity contribution in [2.24, 2.45) is 11.7 Å². The Hall–Kier alpha value is -0.0300. The number of rotatable bonds is 3. The monoisotopic (exact) mass is 325 g/mol. The van der Waals surface area contributed by atoms with Gasteiger partial charge in [-0.1, -0.05) is 19.8 Å². The Labute approximate surface area is 135 Å². The largest absolute Gasteiger partial charge is 0.341 e. The van der Waals surface area contributed by atoms with Crippen molar-refractivity contribution in [1.29, 1.82) is 0 Å². The minimum absolute atomic E-state index is 0. The van der Waals surface area contributed by atoms with E-state index in [2.05, 4.69) is 4.90 Å². The van der Waals surface area contributed by atoms with Crippen LogP contribution in [0.5, 0.6) is 0 Å². The van der Waals surface area contributed by atoms with Crippen LogP contribution in [0.15, 0.2) is 0 Å². The maximum Gasteiger partial charge on any atom is 0.226 e. The summed E-state index contributed by atoms with van der Waals surface area (Å²) in [5.74, 6) is 0.216. The van der Waals surface area contributed by atoms with Crippen LogP contribution >= 0.6 is 24.8 Å². The van der Waals surface area contributed by atoms with Crippen LogP contribution in [0, 0.1) is 5.92 Å². The van der Waals surface area contributed by atoms with Crippen LogP contribution in [0.2, 0.25) is 0 Å². The summed E-state index contributed by atoms with van der Waals surface area (Å²) in [5.41, 5.74) is 5.59. The van der Waals surface area contributed by atoms with Crippen molar-refractivity contribution in [3.8, 4) is 0 Å². The van der Waals surface area contributed by atoms with Gasteiger partial charge in [0.25, 0.3) is 0 Å². The molecule has 2 rings (SSSR count). The second kappa shape index (κ2) is 9.82. The molecule has 2 aliphatic rings. The molecule has 120 valence electrons. The SMILES string of the molecule is CC(CN)C(=O)N1CCCN(C2CCCC2)CC1.Cl.Cl. The number of nitrogens with two attached hydrogens (primary N) is 1. The van der Waals surface area contributed by atoms with Crippen LogP contribution < -0.4 is 5.73 Å². The summed E-state index contributed by atoms with van der Waals surface area (Å²) in [6.07, 6.45) is 6.59. The zero-order valence-corrected chi connectivity index (χ0v) is 14.1. The van der Waals surface area contributed by atoms with E-state index in [0.717, 1.165) is 38.6 Å².